The zero-order valence-corrected chi connectivity index (χ0v) is 5.88. The summed E-state index contributed by atoms with van der Waals surface area (Å²) in [5, 5.41) is 0. The zero-order valence-electron chi connectivity index (χ0n) is 5.88. The Bertz CT molecular complexity index is 291. The van der Waals surface area contributed by atoms with E-state index >= 15 is 0 Å². The average Bonchev–Trinajstić information content (AvgIpc) is 2.04. The van der Waals surface area contributed by atoms with Gasteiger partial charge in [-0.1, -0.05) is 18.7 Å². The van der Waals surface area contributed by atoms with Gasteiger partial charge in [0, 0.05) is 0 Å². The number of halogens is 1. The number of hydrogen-bond acceptors (Lipinski definition) is 1. The van der Waals surface area contributed by atoms with Crippen LogP contribution in [-0.4, -0.2) is 5.78 Å². The van der Waals surface area contributed by atoms with Crippen LogP contribution in [0.4, 0.5) is 4.39 Å². The van der Waals surface area contributed by atoms with Crippen molar-refractivity contribution in [3.63, 3.8) is 0 Å². The van der Waals surface area contributed by atoms with Crippen molar-refractivity contribution in [3.05, 3.63) is 48.3 Å². The van der Waals surface area contributed by atoms with Crippen molar-refractivity contribution >= 4 is 5.78 Å². The molecule has 0 unspecified atom stereocenters. The molecule has 2 heteroatoms. The topological polar surface area (TPSA) is 17.1 Å². The highest BCUT2D eigenvalue weighted by Gasteiger charge is 2.05. The molecule has 0 aliphatic carbocycles. The molecular weight excluding hydrogens is 143 g/mol. The van der Waals surface area contributed by atoms with Gasteiger partial charge in [-0.05, 0) is 18.2 Å². The van der Waals surface area contributed by atoms with Gasteiger partial charge in [-0.2, -0.15) is 0 Å². The van der Waals surface area contributed by atoms with Crippen LogP contribution in [0.15, 0.2) is 36.9 Å². The molecule has 11 heavy (non-hydrogen) atoms. The third kappa shape index (κ3) is 1.52. The maximum Gasteiger partial charge on any atom is 0.188 e. The number of ketones is 1. The van der Waals surface area contributed by atoms with E-state index in [1.807, 2.05) is 0 Å². The fraction of sp³-hybridized carbons (Fsp3) is 0. The Hall–Kier alpha value is -1.44. The first-order valence-electron chi connectivity index (χ1n) is 3.17. The SMILES string of the molecule is C=CC(=O)c1ccccc1F. The van der Waals surface area contributed by atoms with E-state index in [1.165, 1.54) is 18.2 Å². The molecule has 0 bridgehead atoms. The summed E-state index contributed by atoms with van der Waals surface area (Å²) in [6.07, 6.45) is 1.10. The molecule has 0 aliphatic rings. The number of carbonyl (C=O) groups excluding carboxylic acids is 1. The van der Waals surface area contributed by atoms with E-state index in [-0.39, 0.29) is 11.3 Å². The molecule has 0 fully saturated rings. The molecule has 1 nitrogen and oxygen atoms in total. The molecule has 1 aromatic carbocycles. The number of rotatable bonds is 2. The van der Waals surface area contributed by atoms with Crippen molar-refractivity contribution in [2.24, 2.45) is 0 Å². The summed E-state index contributed by atoms with van der Waals surface area (Å²) in [4.78, 5) is 10.9. The third-order valence-electron chi connectivity index (χ3n) is 1.32. The van der Waals surface area contributed by atoms with Crippen LogP contribution in [0.2, 0.25) is 0 Å². The van der Waals surface area contributed by atoms with Gasteiger partial charge in [0.05, 0.1) is 5.56 Å². The molecule has 1 rings (SSSR count). The highest BCUT2D eigenvalue weighted by molar-refractivity contribution is 6.04. The number of carbonyl (C=O) groups is 1. The molecule has 0 N–H and O–H groups in total. The van der Waals surface area contributed by atoms with Crippen molar-refractivity contribution < 1.29 is 9.18 Å². The molecule has 0 aliphatic heterocycles. The Labute approximate surface area is 64.2 Å². The Kier molecular flexibility index (Phi) is 2.16. The van der Waals surface area contributed by atoms with E-state index in [0.717, 1.165) is 6.08 Å². The molecule has 0 aromatic heterocycles. The predicted octanol–water partition coefficient (Wildman–Crippen LogP) is 2.19. The summed E-state index contributed by atoms with van der Waals surface area (Å²) in [5.41, 5.74) is 0.0718. The summed E-state index contributed by atoms with van der Waals surface area (Å²) >= 11 is 0. The fourth-order valence-corrected chi connectivity index (χ4v) is 0.771. The maximum atomic E-state index is 12.8. The van der Waals surface area contributed by atoms with Crippen LogP contribution in [0.3, 0.4) is 0 Å². The molecule has 0 spiro atoms. The molecule has 1 aromatic rings. The third-order valence-corrected chi connectivity index (χ3v) is 1.32. The molecule has 0 saturated heterocycles. The number of benzene rings is 1. The average molecular weight is 150 g/mol. The lowest BCUT2D eigenvalue weighted by Crippen LogP contribution is -1.96. The summed E-state index contributed by atoms with van der Waals surface area (Å²) in [5.74, 6) is -0.888. The standard InChI is InChI=1S/C9H7FO/c1-2-9(11)7-5-3-4-6-8(7)10/h2-6H,1H2. The minimum Gasteiger partial charge on any atom is -0.289 e. The van der Waals surface area contributed by atoms with E-state index in [4.69, 9.17) is 0 Å². The monoisotopic (exact) mass is 150 g/mol. The van der Waals surface area contributed by atoms with Crippen LogP contribution >= 0.6 is 0 Å². The van der Waals surface area contributed by atoms with E-state index < -0.39 is 5.82 Å². The van der Waals surface area contributed by atoms with Crippen molar-refractivity contribution in [2.45, 2.75) is 0 Å². The maximum absolute atomic E-state index is 12.8. The van der Waals surface area contributed by atoms with Gasteiger partial charge in [0.15, 0.2) is 5.78 Å². The molecular formula is C9H7FO. The molecule has 0 heterocycles. The van der Waals surface area contributed by atoms with Crippen LogP contribution in [0.25, 0.3) is 0 Å². The fourth-order valence-electron chi connectivity index (χ4n) is 0.771. The van der Waals surface area contributed by atoms with Crippen LogP contribution in [0, 0.1) is 5.82 Å². The van der Waals surface area contributed by atoms with Gasteiger partial charge < -0.3 is 0 Å². The van der Waals surface area contributed by atoms with Gasteiger partial charge in [0.2, 0.25) is 0 Å². The normalized spacial score (nSPS) is 9.18. The highest BCUT2D eigenvalue weighted by atomic mass is 19.1. The van der Waals surface area contributed by atoms with Crippen molar-refractivity contribution in [1.82, 2.24) is 0 Å². The van der Waals surface area contributed by atoms with Gasteiger partial charge in [0.25, 0.3) is 0 Å². The Morgan fingerprint density at radius 1 is 1.45 bits per heavy atom. The van der Waals surface area contributed by atoms with E-state index in [2.05, 4.69) is 6.58 Å². The number of allylic oxidation sites excluding steroid dienone is 1. The molecule has 0 atom stereocenters. The van der Waals surface area contributed by atoms with E-state index in [1.54, 1.807) is 6.07 Å². The van der Waals surface area contributed by atoms with E-state index in [9.17, 15) is 9.18 Å². The lowest BCUT2D eigenvalue weighted by Gasteiger charge is -1.95. The Morgan fingerprint density at radius 3 is 2.64 bits per heavy atom. The van der Waals surface area contributed by atoms with Crippen LogP contribution in [0.5, 0.6) is 0 Å². The first-order valence-corrected chi connectivity index (χ1v) is 3.17. The van der Waals surface area contributed by atoms with Crippen LogP contribution < -0.4 is 0 Å². The second kappa shape index (κ2) is 3.10. The summed E-state index contributed by atoms with van der Waals surface area (Å²) in [7, 11) is 0. The summed E-state index contributed by atoms with van der Waals surface area (Å²) in [6.45, 7) is 3.26. The van der Waals surface area contributed by atoms with Crippen molar-refractivity contribution in [2.75, 3.05) is 0 Å². The van der Waals surface area contributed by atoms with Crippen molar-refractivity contribution in [3.8, 4) is 0 Å². The first kappa shape index (κ1) is 7.66. The van der Waals surface area contributed by atoms with Gasteiger partial charge in [-0.25, -0.2) is 4.39 Å². The predicted molar refractivity (Wildman–Crippen MR) is 40.9 cm³/mol. The summed E-state index contributed by atoms with van der Waals surface area (Å²) in [6, 6.07) is 5.82. The van der Waals surface area contributed by atoms with Crippen LogP contribution in [0.1, 0.15) is 10.4 Å². The zero-order chi connectivity index (χ0) is 8.27. The Balaban J connectivity index is 3.13. The lowest BCUT2D eigenvalue weighted by molar-refractivity contribution is 0.104. The second-order valence-electron chi connectivity index (χ2n) is 2.05. The quantitative estimate of drug-likeness (QED) is 0.466. The summed E-state index contributed by atoms with van der Waals surface area (Å²) < 4.78 is 12.8. The van der Waals surface area contributed by atoms with Gasteiger partial charge in [-0.3, -0.25) is 4.79 Å². The largest absolute Gasteiger partial charge is 0.289 e. The number of hydrogen-bond donors (Lipinski definition) is 0. The molecule has 56 valence electrons. The molecule has 0 amide bonds. The first-order chi connectivity index (χ1) is 5.25. The smallest absolute Gasteiger partial charge is 0.188 e. The Morgan fingerprint density at radius 2 is 2.09 bits per heavy atom. The lowest BCUT2D eigenvalue weighted by atomic mass is 10.1. The van der Waals surface area contributed by atoms with Gasteiger partial charge in [-0.15, -0.1) is 0 Å². The van der Waals surface area contributed by atoms with Gasteiger partial charge in [0.1, 0.15) is 5.82 Å². The minimum atomic E-state index is -0.502. The molecule has 0 saturated carbocycles. The molecule has 0 radical (unpaired) electrons. The van der Waals surface area contributed by atoms with E-state index in [0.29, 0.717) is 0 Å². The van der Waals surface area contributed by atoms with Crippen LogP contribution in [-0.2, 0) is 0 Å². The minimum absolute atomic E-state index is 0.0718. The van der Waals surface area contributed by atoms with Crippen molar-refractivity contribution in [1.29, 1.82) is 0 Å². The highest BCUT2D eigenvalue weighted by Crippen LogP contribution is 2.06. The van der Waals surface area contributed by atoms with Gasteiger partial charge >= 0.3 is 0 Å². The second-order valence-corrected chi connectivity index (χ2v) is 2.05.